The van der Waals surface area contributed by atoms with Crippen LogP contribution in [0.3, 0.4) is 0 Å². The van der Waals surface area contributed by atoms with Gasteiger partial charge in [-0.1, -0.05) is 0 Å². The molecule has 0 bridgehead atoms. The summed E-state index contributed by atoms with van der Waals surface area (Å²) in [4.78, 5) is 32.9. The molecule has 0 unspecified atom stereocenters. The van der Waals surface area contributed by atoms with E-state index in [1.807, 2.05) is 0 Å². The van der Waals surface area contributed by atoms with Gasteiger partial charge < -0.3 is 19.3 Å². The van der Waals surface area contributed by atoms with Gasteiger partial charge in [0.1, 0.15) is 0 Å². The Hall–Kier alpha value is -1.93. The Morgan fingerprint density at radius 3 is 2.55 bits per heavy atom. The molecule has 2 aliphatic rings. The molecule has 2 amide bonds. The number of amides is 2. The fourth-order valence-corrected chi connectivity index (χ4v) is 3.14. The first kappa shape index (κ1) is 15.0. The number of aliphatic hydroxyl groups is 1. The minimum Gasteiger partial charge on any atom is -0.438 e. The SMILES string of the molecule is CC(=O)N1CCN([C@@H]2CN(C(=O)c3cnco3)C[C@H]2O)CC1. The predicted octanol–water partition coefficient (Wildman–Crippen LogP) is -0.976. The van der Waals surface area contributed by atoms with E-state index in [9.17, 15) is 14.7 Å². The van der Waals surface area contributed by atoms with Crippen molar-refractivity contribution in [2.24, 2.45) is 0 Å². The zero-order valence-electron chi connectivity index (χ0n) is 12.5. The topological polar surface area (TPSA) is 90.1 Å². The lowest BCUT2D eigenvalue weighted by Crippen LogP contribution is -2.54. The molecule has 0 aliphatic carbocycles. The molecule has 2 atom stereocenters. The van der Waals surface area contributed by atoms with E-state index >= 15 is 0 Å². The summed E-state index contributed by atoms with van der Waals surface area (Å²) in [6.45, 7) is 5.07. The van der Waals surface area contributed by atoms with Crippen LogP contribution < -0.4 is 0 Å². The van der Waals surface area contributed by atoms with E-state index in [1.165, 1.54) is 12.6 Å². The molecule has 0 aromatic carbocycles. The van der Waals surface area contributed by atoms with Gasteiger partial charge in [0.05, 0.1) is 18.3 Å². The van der Waals surface area contributed by atoms with E-state index in [1.54, 1.807) is 16.7 Å². The Morgan fingerprint density at radius 2 is 1.95 bits per heavy atom. The van der Waals surface area contributed by atoms with Crippen LogP contribution in [-0.2, 0) is 4.79 Å². The van der Waals surface area contributed by atoms with Gasteiger partial charge in [0, 0.05) is 46.2 Å². The van der Waals surface area contributed by atoms with Crippen molar-refractivity contribution in [2.75, 3.05) is 39.3 Å². The van der Waals surface area contributed by atoms with Gasteiger partial charge in [0.25, 0.3) is 5.91 Å². The number of rotatable bonds is 2. The third-order valence-electron chi connectivity index (χ3n) is 4.42. The van der Waals surface area contributed by atoms with Gasteiger partial charge >= 0.3 is 0 Å². The molecule has 8 heteroatoms. The summed E-state index contributed by atoms with van der Waals surface area (Å²) in [6.07, 6.45) is 2.02. The zero-order chi connectivity index (χ0) is 15.7. The standard InChI is InChI=1S/C14H20N4O4/c1-10(19)16-2-4-17(5-3-16)11-7-18(8-12(11)20)14(21)13-6-15-9-22-13/h6,9,11-12,20H,2-5,7-8H2,1H3/t11-,12-/m1/s1. The summed E-state index contributed by atoms with van der Waals surface area (Å²) in [6, 6.07) is -0.0963. The van der Waals surface area contributed by atoms with Crippen molar-refractivity contribution in [2.45, 2.75) is 19.1 Å². The maximum Gasteiger partial charge on any atom is 0.291 e. The number of carbonyl (C=O) groups is 2. The van der Waals surface area contributed by atoms with Crippen molar-refractivity contribution in [3.05, 3.63) is 18.4 Å². The molecule has 1 N–H and O–H groups in total. The van der Waals surface area contributed by atoms with Gasteiger partial charge in [0.15, 0.2) is 6.39 Å². The van der Waals surface area contributed by atoms with E-state index in [4.69, 9.17) is 4.42 Å². The summed E-state index contributed by atoms with van der Waals surface area (Å²) < 4.78 is 5.02. The first-order valence-electron chi connectivity index (χ1n) is 7.41. The van der Waals surface area contributed by atoms with Crippen LogP contribution in [0, 0.1) is 0 Å². The molecule has 0 spiro atoms. The maximum atomic E-state index is 12.2. The number of piperazine rings is 1. The van der Waals surface area contributed by atoms with Crippen LogP contribution in [0.5, 0.6) is 0 Å². The Bertz CT molecular complexity index is 539. The second kappa shape index (κ2) is 6.05. The summed E-state index contributed by atoms with van der Waals surface area (Å²) in [5.74, 6) is 0.0180. The van der Waals surface area contributed by atoms with Crippen LogP contribution in [-0.4, -0.2) is 88.0 Å². The third kappa shape index (κ3) is 2.84. The number of likely N-dealkylation sites (tertiary alicyclic amines) is 1. The minimum absolute atomic E-state index is 0.0775. The lowest BCUT2D eigenvalue weighted by Gasteiger charge is -2.38. The average Bonchev–Trinajstić information content (AvgIpc) is 3.16. The van der Waals surface area contributed by atoms with Crippen molar-refractivity contribution in [1.82, 2.24) is 19.7 Å². The van der Waals surface area contributed by atoms with Gasteiger partial charge in [-0.2, -0.15) is 0 Å². The Morgan fingerprint density at radius 1 is 1.23 bits per heavy atom. The largest absolute Gasteiger partial charge is 0.438 e. The molecule has 2 saturated heterocycles. The zero-order valence-corrected chi connectivity index (χ0v) is 12.5. The quantitative estimate of drug-likeness (QED) is 0.755. The fourth-order valence-electron chi connectivity index (χ4n) is 3.14. The van der Waals surface area contributed by atoms with Gasteiger partial charge in [0.2, 0.25) is 11.7 Å². The first-order valence-corrected chi connectivity index (χ1v) is 7.41. The van der Waals surface area contributed by atoms with Crippen LogP contribution in [0.25, 0.3) is 0 Å². The predicted molar refractivity (Wildman–Crippen MR) is 76.0 cm³/mol. The van der Waals surface area contributed by atoms with Gasteiger partial charge in [-0.05, 0) is 0 Å². The molecule has 0 radical (unpaired) electrons. The number of β-amino-alcohol motifs (C(OH)–C–C–N with tert-alkyl or cyclic N) is 1. The lowest BCUT2D eigenvalue weighted by atomic mass is 10.1. The summed E-state index contributed by atoms with van der Waals surface area (Å²) in [7, 11) is 0. The molecule has 1 aromatic heterocycles. The lowest BCUT2D eigenvalue weighted by molar-refractivity contribution is -0.131. The van der Waals surface area contributed by atoms with Crippen LogP contribution in [0.15, 0.2) is 17.0 Å². The number of nitrogens with zero attached hydrogens (tertiary/aromatic N) is 4. The van der Waals surface area contributed by atoms with E-state index in [0.717, 1.165) is 0 Å². The van der Waals surface area contributed by atoms with Crippen molar-refractivity contribution in [3.8, 4) is 0 Å². The molecule has 22 heavy (non-hydrogen) atoms. The van der Waals surface area contributed by atoms with Gasteiger partial charge in [-0.15, -0.1) is 0 Å². The van der Waals surface area contributed by atoms with Crippen molar-refractivity contribution in [1.29, 1.82) is 0 Å². The smallest absolute Gasteiger partial charge is 0.291 e. The van der Waals surface area contributed by atoms with Crippen molar-refractivity contribution in [3.63, 3.8) is 0 Å². The molecule has 8 nitrogen and oxygen atoms in total. The number of oxazole rings is 1. The Labute approximate surface area is 128 Å². The summed E-state index contributed by atoms with van der Waals surface area (Å²) in [5.41, 5.74) is 0. The number of aromatic nitrogens is 1. The highest BCUT2D eigenvalue weighted by molar-refractivity contribution is 5.91. The van der Waals surface area contributed by atoms with Crippen LogP contribution in [0.2, 0.25) is 0 Å². The summed E-state index contributed by atoms with van der Waals surface area (Å²) in [5, 5.41) is 10.3. The van der Waals surface area contributed by atoms with Crippen LogP contribution in [0.4, 0.5) is 0 Å². The molecular formula is C14H20N4O4. The number of hydrogen-bond acceptors (Lipinski definition) is 6. The van der Waals surface area contributed by atoms with E-state index < -0.39 is 6.10 Å². The van der Waals surface area contributed by atoms with E-state index in [2.05, 4.69) is 9.88 Å². The normalized spacial score (nSPS) is 26.5. The third-order valence-corrected chi connectivity index (χ3v) is 4.42. The number of hydrogen-bond donors (Lipinski definition) is 1. The number of carbonyl (C=O) groups excluding carboxylic acids is 2. The van der Waals surface area contributed by atoms with Crippen molar-refractivity contribution >= 4 is 11.8 Å². The first-order chi connectivity index (χ1) is 10.6. The Kier molecular flexibility index (Phi) is 4.12. The molecule has 2 aliphatic heterocycles. The molecule has 1 aromatic rings. The Balaban J connectivity index is 1.60. The van der Waals surface area contributed by atoms with Gasteiger partial charge in [-0.3, -0.25) is 14.5 Å². The second-order valence-corrected chi connectivity index (χ2v) is 5.75. The highest BCUT2D eigenvalue weighted by Gasteiger charge is 2.39. The van der Waals surface area contributed by atoms with Crippen LogP contribution >= 0.6 is 0 Å². The second-order valence-electron chi connectivity index (χ2n) is 5.75. The highest BCUT2D eigenvalue weighted by atomic mass is 16.3. The molecule has 120 valence electrons. The van der Waals surface area contributed by atoms with E-state index in [0.29, 0.717) is 32.7 Å². The monoisotopic (exact) mass is 308 g/mol. The van der Waals surface area contributed by atoms with Gasteiger partial charge in [-0.25, -0.2) is 4.98 Å². The molecule has 2 fully saturated rings. The molecule has 0 saturated carbocycles. The maximum absolute atomic E-state index is 12.2. The minimum atomic E-state index is -0.587. The van der Waals surface area contributed by atoms with E-state index in [-0.39, 0.29) is 30.2 Å². The van der Waals surface area contributed by atoms with Crippen molar-refractivity contribution < 1.29 is 19.1 Å². The highest BCUT2D eigenvalue weighted by Crippen LogP contribution is 2.20. The molecule has 3 heterocycles. The molecule has 3 rings (SSSR count). The fraction of sp³-hybridized carbons (Fsp3) is 0.643. The number of aliphatic hydroxyl groups excluding tert-OH is 1. The molecular weight excluding hydrogens is 288 g/mol. The average molecular weight is 308 g/mol. The van der Waals surface area contributed by atoms with Crippen LogP contribution in [0.1, 0.15) is 17.5 Å². The summed E-state index contributed by atoms with van der Waals surface area (Å²) >= 11 is 0.